The van der Waals surface area contributed by atoms with Crippen molar-refractivity contribution in [3.63, 3.8) is 0 Å². The molecule has 0 spiro atoms. The monoisotopic (exact) mass is 196 g/mol. The highest BCUT2D eigenvalue weighted by atomic mass is 14.9. The van der Waals surface area contributed by atoms with Gasteiger partial charge in [0.25, 0.3) is 0 Å². The van der Waals surface area contributed by atoms with E-state index in [1.807, 2.05) is 0 Å². The normalized spacial score (nSPS) is 22.3. The van der Waals surface area contributed by atoms with Crippen molar-refractivity contribution in [2.45, 2.75) is 64.8 Å². The lowest BCUT2D eigenvalue weighted by Gasteiger charge is -2.25. The second-order valence-corrected chi connectivity index (χ2v) is 4.51. The molecular weight excluding hydrogens is 172 g/mol. The van der Waals surface area contributed by atoms with E-state index in [0.29, 0.717) is 6.04 Å². The highest BCUT2D eigenvalue weighted by Gasteiger charge is 2.19. The first kappa shape index (κ1) is 11.5. The molecule has 14 heavy (non-hydrogen) atoms. The van der Waals surface area contributed by atoms with Gasteiger partial charge in [-0.2, -0.15) is 0 Å². The summed E-state index contributed by atoms with van der Waals surface area (Å²) in [7, 11) is 0. The fraction of sp³-hybridized carbons (Fsp3) is 0.917. The standard InChI is InChI=1S/C12H24N2/c1-3-7-12(13)14-10(2)11-8-5-4-6-9-11/h10-11H,3-9H2,1-2H3,(H2,13,14). The number of amidine groups is 1. The molecule has 2 nitrogen and oxygen atoms in total. The van der Waals surface area contributed by atoms with Gasteiger partial charge in [0.15, 0.2) is 0 Å². The molecule has 0 aromatic rings. The van der Waals surface area contributed by atoms with Crippen molar-refractivity contribution in [1.29, 1.82) is 0 Å². The minimum Gasteiger partial charge on any atom is -0.387 e. The topological polar surface area (TPSA) is 38.4 Å². The van der Waals surface area contributed by atoms with Gasteiger partial charge in [0.1, 0.15) is 0 Å². The molecule has 0 aromatic heterocycles. The van der Waals surface area contributed by atoms with E-state index in [0.717, 1.165) is 24.6 Å². The molecule has 2 N–H and O–H groups in total. The van der Waals surface area contributed by atoms with E-state index in [1.54, 1.807) is 0 Å². The quantitative estimate of drug-likeness (QED) is 0.544. The molecule has 1 atom stereocenters. The molecule has 0 bridgehead atoms. The van der Waals surface area contributed by atoms with E-state index in [-0.39, 0.29) is 0 Å². The van der Waals surface area contributed by atoms with Gasteiger partial charge < -0.3 is 5.73 Å². The summed E-state index contributed by atoms with van der Waals surface area (Å²) in [6.45, 7) is 4.37. The molecule has 0 saturated heterocycles. The summed E-state index contributed by atoms with van der Waals surface area (Å²) in [5.41, 5.74) is 5.84. The van der Waals surface area contributed by atoms with Crippen LogP contribution in [0.4, 0.5) is 0 Å². The number of aliphatic imine (C=N–C) groups is 1. The fourth-order valence-electron chi connectivity index (χ4n) is 2.30. The Balaban J connectivity index is 2.38. The summed E-state index contributed by atoms with van der Waals surface area (Å²) in [6.07, 6.45) is 8.95. The zero-order valence-corrected chi connectivity index (χ0v) is 9.63. The van der Waals surface area contributed by atoms with Crippen molar-refractivity contribution in [3.05, 3.63) is 0 Å². The molecule has 0 aromatic carbocycles. The van der Waals surface area contributed by atoms with Crippen LogP contribution in [0.25, 0.3) is 0 Å². The van der Waals surface area contributed by atoms with Gasteiger partial charge in [-0.15, -0.1) is 0 Å². The Kier molecular flexibility index (Phi) is 4.99. The molecule has 1 fully saturated rings. The average molecular weight is 196 g/mol. The zero-order chi connectivity index (χ0) is 10.4. The molecule has 82 valence electrons. The Morgan fingerprint density at radius 2 is 2.00 bits per heavy atom. The fourth-order valence-corrected chi connectivity index (χ4v) is 2.30. The molecule has 0 heterocycles. The molecule has 0 aliphatic heterocycles. The van der Waals surface area contributed by atoms with E-state index in [4.69, 9.17) is 5.73 Å². The Hall–Kier alpha value is -0.530. The molecule has 0 amide bonds. The predicted molar refractivity (Wildman–Crippen MR) is 62.6 cm³/mol. The number of hydrogen-bond donors (Lipinski definition) is 1. The van der Waals surface area contributed by atoms with Gasteiger partial charge in [-0.1, -0.05) is 26.2 Å². The Bertz CT molecular complexity index is 181. The van der Waals surface area contributed by atoms with Gasteiger partial charge in [-0.05, 0) is 32.1 Å². The molecule has 0 radical (unpaired) electrons. The van der Waals surface area contributed by atoms with Gasteiger partial charge in [0.2, 0.25) is 0 Å². The van der Waals surface area contributed by atoms with Crippen molar-refractivity contribution in [3.8, 4) is 0 Å². The SMILES string of the molecule is CCCC(N)=NC(C)C1CCCCC1. The van der Waals surface area contributed by atoms with Crippen LogP contribution in [0, 0.1) is 5.92 Å². The highest BCUT2D eigenvalue weighted by Crippen LogP contribution is 2.27. The number of nitrogens with zero attached hydrogens (tertiary/aromatic N) is 1. The number of nitrogens with two attached hydrogens (primary N) is 1. The van der Waals surface area contributed by atoms with Gasteiger partial charge in [0.05, 0.1) is 11.9 Å². The summed E-state index contributed by atoms with van der Waals surface area (Å²) in [5, 5.41) is 0. The van der Waals surface area contributed by atoms with Crippen LogP contribution < -0.4 is 5.73 Å². The molecule has 1 aliphatic carbocycles. The third-order valence-electron chi connectivity index (χ3n) is 3.21. The van der Waals surface area contributed by atoms with Crippen LogP contribution in [-0.2, 0) is 0 Å². The highest BCUT2D eigenvalue weighted by molar-refractivity contribution is 5.80. The van der Waals surface area contributed by atoms with Gasteiger partial charge in [-0.3, -0.25) is 4.99 Å². The second-order valence-electron chi connectivity index (χ2n) is 4.51. The molecule has 1 saturated carbocycles. The minimum atomic E-state index is 0.446. The maximum absolute atomic E-state index is 5.84. The van der Waals surface area contributed by atoms with E-state index in [9.17, 15) is 0 Å². The largest absolute Gasteiger partial charge is 0.387 e. The third kappa shape index (κ3) is 3.69. The maximum atomic E-state index is 5.84. The summed E-state index contributed by atoms with van der Waals surface area (Å²) in [6, 6.07) is 0.446. The Morgan fingerprint density at radius 3 is 2.57 bits per heavy atom. The smallest absolute Gasteiger partial charge is 0.0940 e. The zero-order valence-electron chi connectivity index (χ0n) is 9.63. The summed E-state index contributed by atoms with van der Waals surface area (Å²) < 4.78 is 0. The van der Waals surface area contributed by atoms with Gasteiger partial charge >= 0.3 is 0 Å². The van der Waals surface area contributed by atoms with Crippen LogP contribution >= 0.6 is 0 Å². The summed E-state index contributed by atoms with van der Waals surface area (Å²) >= 11 is 0. The first-order chi connectivity index (χ1) is 6.74. The Morgan fingerprint density at radius 1 is 1.36 bits per heavy atom. The van der Waals surface area contributed by atoms with E-state index < -0.39 is 0 Å². The van der Waals surface area contributed by atoms with Gasteiger partial charge in [0, 0.05) is 6.42 Å². The molecule has 1 unspecified atom stereocenters. The maximum Gasteiger partial charge on any atom is 0.0940 e. The van der Waals surface area contributed by atoms with Gasteiger partial charge in [-0.25, -0.2) is 0 Å². The first-order valence-corrected chi connectivity index (χ1v) is 6.06. The van der Waals surface area contributed by atoms with Crippen molar-refractivity contribution in [2.75, 3.05) is 0 Å². The summed E-state index contributed by atoms with van der Waals surface area (Å²) in [5.74, 6) is 1.64. The van der Waals surface area contributed by atoms with Crippen molar-refractivity contribution < 1.29 is 0 Å². The molecule has 2 heteroatoms. The molecule has 1 rings (SSSR count). The molecule has 1 aliphatic rings. The lowest BCUT2D eigenvalue weighted by molar-refractivity contribution is 0.317. The van der Waals surface area contributed by atoms with Crippen molar-refractivity contribution in [1.82, 2.24) is 0 Å². The average Bonchev–Trinajstić information content (AvgIpc) is 2.19. The Labute approximate surface area is 88.0 Å². The lowest BCUT2D eigenvalue weighted by Crippen LogP contribution is -2.22. The van der Waals surface area contributed by atoms with E-state index in [2.05, 4.69) is 18.8 Å². The van der Waals surface area contributed by atoms with E-state index >= 15 is 0 Å². The first-order valence-electron chi connectivity index (χ1n) is 6.06. The number of hydrogen-bond acceptors (Lipinski definition) is 1. The number of rotatable bonds is 4. The van der Waals surface area contributed by atoms with Crippen LogP contribution in [-0.4, -0.2) is 11.9 Å². The van der Waals surface area contributed by atoms with Crippen molar-refractivity contribution >= 4 is 5.84 Å². The van der Waals surface area contributed by atoms with Crippen LogP contribution in [0.3, 0.4) is 0 Å². The van der Waals surface area contributed by atoms with E-state index in [1.165, 1.54) is 32.1 Å². The minimum absolute atomic E-state index is 0.446. The second kappa shape index (κ2) is 6.05. The lowest BCUT2D eigenvalue weighted by atomic mass is 9.85. The van der Waals surface area contributed by atoms with Crippen molar-refractivity contribution in [2.24, 2.45) is 16.6 Å². The van der Waals surface area contributed by atoms with Crippen LogP contribution in [0.1, 0.15) is 58.8 Å². The summed E-state index contributed by atoms with van der Waals surface area (Å²) in [4.78, 5) is 4.58. The third-order valence-corrected chi connectivity index (χ3v) is 3.21. The van der Waals surface area contributed by atoms with Crippen LogP contribution in [0.2, 0.25) is 0 Å². The molecular formula is C12H24N2. The van der Waals surface area contributed by atoms with Crippen LogP contribution in [0.5, 0.6) is 0 Å². The van der Waals surface area contributed by atoms with Crippen LogP contribution in [0.15, 0.2) is 4.99 Å². The predicted octanol–water partition coefficient (Wildman–Crippen LogP) is 3.11.